The highest BCUT2D eigenvalue weighted by Gasteiger charge is 2.38. The molecule has 2 aliphatic heterocycles. The summed E-state index contributed by atoms with van der Waals surface area (Å²) in [6.07, 6.45) is 5.43. The smallest absolute Gasteiger partial charge is 0.254 e. The van der Waals surface area contributed by atoms with Crippen molar-refractivity contribution in [3.8, 4) is 0 Å². The molecule has 0 saturated carbocycles. The number of rotatable bonds is 5. The lowest BCUT2D eigenvalue weighted by molar-refractivity contribution is 0.0436. The Labute approximate surface area is 182 Å². The average Bonchev–Trinajstić information content (AvgIpc) is 3.53. The molecule has 5 rings (SSSR count). The van der Waals surface area contributed by atoms with Crippen LogP contribution in [0.25, 0.3) is 11.1 Å². The number of imidazole rings is 1. The Hall–Kier alpha value is -3.18. The molecule has 0 aliphatic carbocycles. The predicted molar refractivity (Wildman–Crippen MR) is 121 cm³/mol. The lowest BCUT2D eigenvalue weighted by atomic mass is 9.90. The Bertz CT molecular complexity index is 1100. The minimum Gasteiger partial charge on any atom is -0.391 e. The Morgan fingerprint density at radius 3 is 2.58 bits per heavy atom. The topological polar surface area (TPSA) is 58.4 Å². The van der Waals surface area contributed by atoms with Crippen LogP contribution in [0.3, 0.4) is 0 Å². The van der Waals surface area contributed by atoms with Crippen LogP contribution in [-0.2, 0) is 0 Å². The van der Waals surface area contributed by atoms with Crippen LogP contribution in [0, 0.1) is 0 Å². The molecule has 1 fully saturated rings. The summed E-state index contributed by atoms with van der Waals surface area (Å²) < 4.78 is 2.17. The molecule has 1 unspecified atom stereocenters. The van der Waals surface area contributed by atoms with Crippen LogP contribution in [0.4, 0.5) is 0 Å². The number of likely N-dealkylation sites (tertiary alicyclic amines) is 1. The van der Waals surface area contributed by atoms with Gasteiger partial charge in [-0.2, -0.15) is 0 Å². The minimum absolute atomic E-state index is 0.00387. The molecule has 3 atom stereocenters. The number of amides is 1. The lowest BCUT2D eigenvalue weighted by Gasteiger charge is -2.31. The maximum atomic E-state index is 13.1. The maximum Gasteiger partial charge on any atom is 0.254 e. The second-order valence-electron chi connectivity index (χ2n) is 8.48. The molecule has 1 saturated heterocycles. The zero-order valence-corrected chi connectivity index (χ0v) is 17.7. The monoisotopic (exact) mass is 413 g/mol. The van der Waals surface area contributed by atoms with E-state index in [4.69, 9.17) is 0 Å². The molecule has 0 spiro atoms. The van der Waals surface area contributed by atoms with E-state index in [1.165, 1.54) is 16.7 Å². The first kappa shape index (κ1) is 19.8. The minimum atomic E-state index is -0.611. The van der Waals surface area contributed by atoms with Crippen molar-refractivity contribution in [3.63, 3.8) is 0 Å². The molecule has 5 nitrogen and oxygen atoms in total. The van der Waals surface area contributed by atoms with Gasteiger partial charge in [-0.15, -0.1) is 0 Å². The second-order valence-corrected chi connectivity index (χ2v) is 8.48. The van der Waals surface area contributed by atoms with E-state index in [1.807, 2.05) is 66.0 Å². The molecular formula is C26H27N3O2. The highest BCUT2D eigenvalue weighted by atomic mass is 16.3. The van der Waals surface area contributed by atoms with E-state index >= 15 is 0 Å². The number of aliphatic hydroxyl groups is 1. The zero-order chi connectivity index (χ0) is 21.4. The third kappa shape index (κ3) is 3.49. The van der Waals surface area contributed by atoms with Crippen LogP contribution < -0.4 is 0 Å². The molecular weight excluding hydrogens is 386 g/mol. The fraction of sp³-hybridized carbons (Fsp3) is 0.308. The van der Waals surface area contributed by atoms with Crippen molar-refractivity contribution >= 4 is 17.1 Å². The quantitative estimate of drug-likeness (QED) is 0.673. The molecule has 1 N–H and O–H groups in total. The van der Waals surface area contributed by atoms with Crippen molar-refractivity contribution in [1.29, 1.82) is 0 Å². The van der Waals surface area contributed by atoms with Gasteiger partial charge in [0.05, 0.1) is 36.4 Å². The van der Waals surface area contributed by atoms with E-state index in [1.54, 1.807) is 0 Å². The Morgan fingerprint density at radius 1 is 1.13 bits per heavy atom. The molecule has 31 heavy (non-hydrogen) atoms. The van der Waals surface area contributed by atoms with Gasteiger partial charge in [-0.25, -0.2) is 4.98 Å². The Balaban J connectivity index is 1.41. The molecule has 1 amide bonds. The van der Waals surface area contributed by atoms with E-state index < -0.39 is 6.10 Å². The standard InChI is InChI=1S/C26H27N3O2/c1-18-23-16-27-17-29(23)22(25(18)19-9-4-2-5-10-19)15-24(30)21-13-8-14-28(21)26(31)20-11-6-3-7-12-20/h2-7,9-12,16-17,21-22,24,30H,8,13-15H2,1H3/t21-,22?,24-/m1/s1. The highest BCUT2D eigenvalue weighted by molar-refractivity contribution is 5.95. The van der Waals surface area contributed by atoms with Gasteiger partial charge in [-0.1, -0.05) is 48.5 Å². The third-order valence-corrected chi connectivity index (χ3v) is 6.70. The fourth-order valence-corrected chi connectivity index (χ4v) is 5.21. The lowest BCUT2D eigenvalue weighted by Crippen LogP contribution is -2.43. The van der Waals surface area contributed by atoms with E-state index in [-0.39, 0.29) is 18.0 Å². The summed E-state index contributed by atoms with van der Waals surface area (Å²) in [5.41, 5.74) is 5.38. The molecule has 3 aromatic rings. The number of fused-ring (bicyclic) bond motifs is 1. The largest absolute Gasteiger partial charge is 0.391 e. The summed E-state index contributed by atoms with van der Waals surface area (Å²) in [6.45, 7) is 2.82. The van der Waals surface area contributed by atoms with Crippen LogP contribution in [-0.4, -0.2) is 44.2 Å². The zero-order valence-electron chi connectivity index (χ0n) is 17.7. The SMILES string of the molecule is CC1=C(c2ccccc2)C(C[C@@H](O)[C@H]2CCCN2C(=O)c2ccccc2)n2cncc21. The number of aromatic nitrogens is 2. The number of aliphatic hydroxyl groups excluding tert-OH is 1. The maximum absolute atomic E-state index is 13.1. The van der Waals surface area contributed by atoms with Gasteiger partial charge in [0.2, 0.25) is 0 Å². The van der Waals surface area contributed by atoms with Crippen molar-refractivity contribution < 1.29 is 9.90 Å². The van der Waals surface area contributed by atoms with Crippen LogP contribution in [0.5, 0.6) is 0 Å². The van der Waals surface area contributed by atoms with Gasteiger partial charge >= 0.3 is 0 Å². The number of allylic oxidation sites excluding steroid dienone is 2. The molecule has 1 aromatic heterocycles. The Kier molecular flexibility index (Phi) is 5.20. The van der Waals surface area contributed by atoms with Crippen molar-refractivity contribution in [2.75, 3.05) is 6.54 Å². The van der Waals surface area contributed by atoms with E-state index in [2.05, 4.69) is 28.6 Å². The van der Waals surface area contributed by atoms with Crippen LogP contribution >= 0.6 is 0 Å². The van der Waals surface area contributed by atoms with Crippen molar-refractivity contribution in [2.45, 2.75) is 44.4 Å². The number of nitrogens with zero attached hydrogens (tertiary/aromatic N) is 3. The first-order valence-corrected chi connectivity index (χ1v) is 11.0. The summed E-state index contributed by atoms with van der Waals surface area (Å²) >= 11 is 0. The number of benzene rings is 2. The van der Waals surface area contributed by atoms with Gasteiger partial charge in [-0.05, 0) is 48.6 Å². The summed E-state index contributed by atoms with van der Waals surface area (Å²) in [6, 6.07) is 19.6. The molecule has 2 aliphatic rings. The van der Waals surface area contributed by atoms with E-state index in [0.29, 0.717) is 18.5 Å². The number of carbonyl (C=O) groups excluding carboxylic acids is 1. The molecule has 2 aromatic carbocycles. The molecule has 0 bridgehead atoms. The Morgan fingerprint density at radius 2 is 1.84 bits per heavy atom. The van der Waals surface area contributed by atoms with Crippen LogP contribution in [0.2, 0.25) is 0 Å². The van der Waals surface area contributed by atoms with E-state index in [9.17, 15) is 9.90 Å². The third-order valence-electron chi connectivity index (χ3n) is 6.70. The van der Waals surface area contributed by atoms with Gasteiger partial charge in [-0.3, -0.25) is 4.79 Å². The summed E-state index contributed by atoms with van der Waals surface area (Å²) in [5.74, 6) is 0.00639. The molecule has 0 radical (unpaired) electrons. The summed E-state index contributed by atoms with van der Waals surface area (Å²) in [5, 5.41) is 11.3. The first-order valence-electron chi connectivity index (χ1n) is 11.0. The predicted octanol–water partition coefficient (Wildman–Crippen LogP) is 4.42. The highest BCUT2D eigenvalue weighted by Crippen LogP contribution is 2.45. The van der Waals surface area contributed by atoms with Crippen molar-refractivity contribution in [1.82, 2.24) is 14.5 Å². The average molecular weight is 414 g/mol. The van der Waals surface area contributed by atoms with Crippen molar-refractivity contribution in [2.24, 2.45) is 0 Å². The fourth-order valence-electron chi connectivity index (χ4n) is 5.21. The van der Waals surface area contributed by atoms with Crippen LogP contribution in [0.15, 0.2) is 73.2 Å². The van der Waals surface area contributed by atoms with Gasteiger partial charge in [0.15, 0.2) is 0 Å². The second kappa shape index (κ2) is 8.16. The van der Waals surface area contributed by atoms with Gasteiger partial charge < -0.3 is 14.6 Å². The van der Waals surface area contributed by atoms with Gasteiger partial charge in [0, 0.05) is 18.5 Å². The summed E-state index contributed by atoms with van der Waals surface area (Å²) in [4.78, 5) is 19.3. The number of hydrogen-bond acceptors (Lipinski definition) is 3. The van der Waals surface area contributed by atoms with Gasteiger partial charge in [0.25, 0.3) is 5.91 Å². The molecule has 158 valence electrons. The van der Waals surface area contributed by atoms with E-state index in [0.717, 1.165) is 18.5 Å². The van der Waals surface area contributed by atoms with Crippen LogP contribution in [0.1, 0.15) is 53.8 Å². The number of hydrogen-bond donors (Lipinski definition) is 1. The molecule has 3 heterocycles. The summed E-state index contributed by atoms with van der Waals surface area (Å²) in [7, 11) is 0. The first-order chi connectivity index (χ1) is 15.1. The normalized spacial score (nSPS) is 21.4. The number of carbonyl (C=O) groups is 1. The van der Waals surface area contributed by atoms with Crippen molar-refractivity contribution in [3.05, 3.63) is 90.0 Å². The molecule has 5 heteroatoms. The van der Waals surface area contributed by atoms with Gasteiger partial charge in [0.1, 0.15) is 0 Å².